The predicted molar refractivity (Wildman–Crippen MR) is 119 cm³/mol. The van der Waals surface area contributed by atoms with Crippen molar-refractivity contribution in [3.05, 3.63) is 54.1 Å². The second-order valence-corrected chi connectivity index (χ2v) is 10.2. The molecule has 1 aliphatic rings. The van der Waals surface area contributed by atoms with Crippen LogP contribution in [-0.4, -0.2) is 56.2 Å². The number of benzene rings is 2. The maximum absolute atomic E-state index is 13.3. The van der Waals surface area contributed by atoms with E-state index in [1.165, 1.54) is 50.2 Å². The largest absolute Gasteiger partial charge is 0.449 e. The van der Waals surface area contributed by atoms with Gasteiger partial charge in [0, 0.05) is 14.1 Å². The van der Waals surface area contributed by atoms with Crippen LogP contribution in [0.4, 0.5) is 11.4 Å². The van der Waals surface area contributed by atoms with Crippen LogP contribution in [-0.2, 0) is 24.3 Å². The predicted octanol–water partition coefficient (Wildman–Crippen LogP) is 2.25. The summed E-state index contributed by atoms with van der Waals surface area (Å²) in [7, 11) is -0.975. The van der Waals surface area contributed by atoms with Crippen LogP contribution in [0.2, 0.25) is 0 Å². The quantitative estimate of drug-likeness (QED) is 0.686. The molecule has 32 heavy (non-hydrogen) atoms. The lowest BCUT2D eigenvalue weighted by Gasteiger charge is -2.42. The molecule has 0 spiro atoms. The molecule has 0 saturated heterocycles. The molecule has 1 aliphatic heterocycles. The highest BCUT2D eigenvalue weighted by atomic mass is 32.2. The number of carbonyl (C=O) groups is 3. The standard InChI is InChI=1S/C22H25N3O6S/c1-14(31-20(27)15-9-8-10-16(13-15)32(29,30)24(4)5)19(26)25-18-12-7-6-11-17(18)23-21(28)22(25,2)3/h6-14H,1-5H3,(H,23,28). The van der Waals surface area contributed by atoms with Crippen LogP contribution in [0.25, 0.3) is 0 Å². The number of ether oxygens (including phenoxy) is 1. The fraction of sp³-hybridized carbons (Fsp3) is 0.318. The molecule has 2 amide bonds. The summed E-state index contributed by atoms with van der Waals surface area (Å²) in [4.78, 5) is 39.8. The topological polar surface area (TPSA) is 113 Å². The third kappa shape index (κ3) is 4.11. The molecule has 2 aromatic carbocycles. The molecule has 1 atom stereocenters. The lowest BCUT2D eigenvalue weighted by molar-refractivity contribution is -0.131. The monoisotopic (exact) mass is 459 g/mol. The molecule has 0 aromatic heterocycles. The Kier molecular flexibility index (Phi) is 6.12. The molecule has 3 rings (SSSR count). The van der Waals surface area contributed by atoms with Crippen LogP contribution in [0.15, 0.2) is 53.4 Å². The molecule has 170 valence electrons. The SMILES string of the molecule is CC(OC(=O)c1cccc(S(=O)(=O)N(C)C)c1)C(=O)N1c2ccccc2NC(=O)C1(C)C. The maximum atomic E-state index is 13.3. The van der Waals surface area contributed by atoms with Crippen LogP contribution in [0.5, 0.6) is 0 Å². The van der Waals surface area contributed by atoms with Gasteiger partial charge in [0.1, 0.15) is 5.54 Å². The summed E-state index contributed by atoms with van der Waals surface area (Å²) in [5, 5.41) is 2.77. The van der Waals surface area contributed by atoms with E-state index in [1.54, 1.807) is 38.1 Å². The summed E-state index contributed by atoms with van der Waals surface area (Å²) >= 11 is 0. The Bertz CT molecular complexity index is 1190. The molecule has 1 unspecified atom stereocenters. The van der Waals surface area contributed by atoms with Crippen molar-refractivity contribution < 1.29 is 27.5 Å². The van der Waals surface area contributed by atoms with E-state index in [2.05, 4.69) is 5.32 Å². The number of nitrogens with zero attached hydrogens (tertiary/aromatic N) is 2. The minimum absolute atomic E-state index is 0.0105. The number of sulfonamides is 1. The molecular formula is C22H25N3O6S. The normalized spacial score (nSPS) is 16.2. The molecule has 0 radical (unpaired) electrons. The Morgan fingerprint density at radius 1 is 1.09 bits per heavy atom. The number of carbonyl (C=O) groups excluding carboxylic acids is 3. The van der Waals surface area contributed by atoms with Gasteiger partial charge >= 0.3 is 5.97 Å². The van der Waals surface area contributed by atoms with Gasteiger partial charge in [-0.05, 0) is 51.1 Å². The number of para-hydroxylation sites is 2. The smallest absolute Gasteiger partial charge is 0.338 e. The first kappa shape index (κ1) is 23.4. The van der Waals surface area contributed by atoms with Gasteiger partial charge in [0.05, 0.1) is 21.8 Å². The number of hydrogen-bond acceptors (Lipinski definition) is 6. The summed E-state index contributed by atoms with van der Waals surface area (Å²) in [6.45, 7) is 4.60. The van der Waals surface area contributed by atoms with E-state index in [0.29, 0.717) is 11.4 Å². The van der Waals surface area contributed by atoms with Gasteiger partial charge in [0.2, 0.25) is 15.9 Å². The van der Waals surface area contributed by atoms with E-state index in [1.807, 2.05) is 0 Å². The van der Waals surface area contributed by atoms with Crippen molar-refractivity contribution in [1.29, 1.82) is 0 Å². The Morgan fingerprint density at radius 2 is 1.75 bits per heavy atom. The minimum atomic E-state index is -3.74. The highest BCUT2D eigenvalue weighted by molar-refractivity contribution is 7.89. The van der Waals surface area contributed by atoms with Gasteiger partial charge in [-0.2, -0.15) is 0 Å². The van der Waals surface area contributed by atoms with E-state index in [4.69, 9.17) is 4.74 Å². The zero-order valence-electron chi connectivity index (χ0n) is 18.4. The van der Waals surface area contributed by atoms with Crippen LogP contribution >= 0.6 is 0 Å². The lowest BCUT2D eigenvalue weighted by atomic mass is 9.95. The number of esters is 1. The molecule has 1 N–H and O–H groups in total. The average Bonchev–Trinajstić information content (AvgIpc) is 2.74. The van der Waals surface area contributed by atoms with E-state index in [0.717, 1.165) is 4.31 Å². The van der Waals surface area contributed by atoms with Crippen molar-refractivity contribution in [3.63, 3.8) is 0 Å². The van der Waals surface area contributed by atoms with Gasteiger partial charge in [-0.15, -0.1) is 0 Å². The van der Waals surface area contributed by atoms with E-state index < -0.39 is 33.5 Å². The Hall–Kier alpha value is -3.24. The number of hydrogen-bond donors (Lipinski definition) is 1. The Balaban J connectivity index is 1.86. The van der Waals surface area contributed by atoms with Crippen LogP contribution in [0.1, 0.15) is 31.1 Å². The molecule has 0 saturated carbocycles. The zero-order valence-corrected chi connectivity index (χ0v) is 19.3. The summed E-state index contributed by atoms with van der Waals surface area (Å²) in [6.07, 6.45) is -1.23. The molecule has 0 aliphatic carbocycles. The lowest BCUT2D eigenvalue weighted by Crippen LogP contribution is -2.60. The van der Waals surface area contributed by atoms with Gasteiger partial charge in [-0.1, -0.05) is 18.2 Å². The fourth-order valence-electron chi connectivity index (χ4n) is 3.30. The Morgan fingerprint density at radius 3 is 2.41 bits per heavy atom. The number of rotatable bonds is 5. The molecule has 0 fully saturated rings. The highest BCUT2D eigenvalue weighted by Gasteiger charge is 2.45. The number of nitrogens with one attached hydrogen (secondary N) is 1. The van der Waals surface area contributed by atoms with E-state index >= 15 is 0 Å². The van der Waals surface area contributed by atoms with Crippen LogP contribution < -0.4 is 10.2 Å². The van der Waals surface area contributed by atoms with E-state index in [-0.39, 0.29) is 16.4 Å². The number of amides is 2. The number of anilines is 2. The number of fused-ring (bicyclic) bond motifs is 1. The van der Waals surface area contributed by atoms with Crippen molar-refractivity contribution in [2.75, 3.05) is 24.3 Å². The first-order valence-electron chi connectivity index (χ1n) is 9.85. The van der Waals surface area contributed by atoms with Gasteiger partial charge in [0.25, 0.3) is 5.91 Å². The molecular weight excluding hydrogens is 434 g/mol. The van der Waals surface area contributed by atoms with E-state index in [9.17, 15) is 22.8 Å². The summed E-state index contributed by atoms with van der Waals surface area (Å²) in [5.74, 6) is -1.80. The summed E-state index contributed by atoms with van der Waals surface area (Å²) < 4.78 is 31.1. The van der Waals surface area contributed by atoms with Gasteiger partial charge in [0.15, 0.2) is 6.10 Å². The van der Waals surface area contributed by atoms with Gasteiger partial charge in [-0.3, -0.25) is 14.5 Å². The Labute approximate surface area is 187 Å². The first-order chi connectivity index (χ1) is 14.9. The van der Waals surface area contributed by atoms with Crippen LogP contribution in [0, 0.1) is 0 Å². The molecule has 9 nitrogen and oxygen atoms in total. The fourth-order valence-corrected chi connectivity index (χ4v) is 4.25. The van der Waals surface area contributed by atoms with Crippen molar-refractivity contribution >= 4 is 39.2 Å². The second-order valence-electron chi connectivity index (χ2n) is 8.07. The molecule has 1 heterocycles. The zero-order chi connectivity index (χ0) is 23.8. The van der Waals surface area contributed by atoms with Crippen molar-refractivity contribution in [3.8, 4) is 0 Å². The average molecular weight is 460 g/mol. The first-order valence-corrected chi connectivity index (χ1v) is 11.3. The third-order valence-corrected chi connectivity index (χ3v) is 7.02. The third-order valence-electron chi connectivity index (χ3n) is 5.21. The molecule has 0 bridgehead atoms. The van der Waals surface area contributed by atoms with Crippen molar-refractivity contribution in [1.82, 2.24) is 4.31 Å². The highest BCUT2D eigenvalue weighted by Crippen LogP contribution is 2.37. The summed E-state index contributed by atoms with van der Waals surface area (Å²) in [6, 6.07) is 12.2. The van der Waals surface area contributed by atoms with Gasteiger partial charge < -0.3 is 10.1 Å². The molecule has 2 aromatic rings. The van der Waals surface area contributed by atoms with Gasteiger partial charge in [-0.25, -0.2) is 17.5 Å². The van der Waals surface area contributed by atoms with Crippen molar-refractivity contribution in [2.45, 2.75) is 37.3 Å². The van der Waals surface area contributed by atoms with Crippen LogP contribution in [0.3, 0.4) is 0 Å². The minimum Gasteiger partial charge on any atom is -0.449 e. The molecule has 10 heteroatoms. The second kappa shape index (κ2) is 8.36. The maximum Gasteiger partial charge on any atom is 0.338 e. The summed E-state index contributed by atoms with van der Waals surface area (Å²) in [5.41, 5.74) is -0.260. The van der Waals surface area contributed by atoms with Crippen molar-refractivity contribution in [2.24, 2.45) is 0 Å².